The molecule has 0 aliphatic carbocycles. The van der Waals surface area contributed by atoms with E-state index < -0.39 is 5.97 Å². The Morgan fingerprint density at radius 2 is 1.72 bits per heavy atom. The average molecular weight is 256 g/mol. The Hall–Kier alpha value is -0.530. The van der Waals surface area contributed by atoms with Crippen molar-refractivity contribution < 1.29 is 9.90 Å². The van der Waals surface area contributed by atoms with E-state index in [0.29, 0.717) is 5.92 Å². The van der Waals surface area contributed by atoms with Crippen molar-refractivity contribution >= 4 is 5.97 Å². The highest BCUT2D eigenvalue weighted by Gasteiger charge is 2.31. The monoisotopic (exact) mass is 256 g/mol. The van der Waals surface area contributed by atoms with Crippen molar-refractivity contribution in [2.75, 3.05) is 0 Å². The standard InChI is InChI=1S/C16H32O2/c1-6-8-10-13(3)14(15(17)18)12-16(4,5)11-9-7-2/h13-14H,6-12H2,1-5H3,(H,17,18). The van der Waals surface area contributed by atoms with Gasteiger partial charge in [-0.25, -0.2) is 0 Å². The Kier molecular flexibility index (Phi) is 8.30. The summed E-state index contributed by atoms with van der Waals surface area (Å²) in [5.41, 5.74) is 0.152. The first kappa shape index (κ1) is 17.5. The summed E-state index contributed by atoms with van der Waals surface area (Å²) in [7, 11) is 0. The molecule has 18 heavy (non-hydrogen) atoms. The lowest BCUT2D eigenvalue weighted by Crippen LogP contribution is -2.28. The fourth-order valence-corrected chi connectivity index (χ4v) is 2.61. The summed E-state index contributed by atoms with van der Waals surface area (Å²) in [4.78, 5) is 11.5. The van der Waals surface area contributed by atoms with Gasteiger partial charge >= 0.3 is 5.97 Å². The molecule has 0 aromatic heterocycles. The molecule has 0 rings (SSSR count). The van der Waals surface area contributed by atoms with Crippen LogP contribution in [-0.4, -0.2) is 11.1 Å². The predicted octanol–water partition coefficient (Wildman–Crippen LogP) is 5.12. The molecule has 0 heterocycles. The van der Waals surface area contributed by atoms with E-state index in [9.17, 15) is 9.90 Å². The number of hydrogen-bond acceptors (Lipinski definition) is 1. The third kappa shape index (κ3) is 7.03. The maximum atomic E-state index is 11.5. The molecule has 2 atom stereocenters. The highest BCUT2D eigenvalue weighted by atomic mass is 16.4. The molecule has 0 fully saturated rings. The Morgan fingerprint density at radius 3 is 2.17 bits per heavy atom. The number of rotatable bonds is 10. The van der Waals surface area contributed by atoms with Gasteiger partial charge in [0, 0.05) is 0 Å². The van der Waals surface area contributed by atoms with Gasteiger partial charge in [-0.15, -0.1) is 0 Å². The van der Waals surface area contributed by atoms with Gasteiger partial charge in [-0.05, 0) is 30.6 Å². The Labute approximate surface area is 113 Å². The van der Waals surface area contributed by atoms with E-state index in [-0.39, 0.29) is 11.3 Å². The summed E-state index contributed by atoms with van der Waals surface area (Å²) in [6.45, 7) is 10.9. The van der Waals surface area contributed by atoms with Crippen LogP contribution in [0.15, 0.2) is 0 Å². The normalized spacial score (nSPS) is 15.4. The second-order valence-corrected chi connectivity index (χ2v) is 6.54. The zero-order valence-corrected chi connectivity index (χ0v) is 13.0. The molecule has 2 nitrogen and oxygen atoms in total. The van der Waals surface area contributed by atoms with Crippen LogP contribution in [0.4, 0.5) is 0 Å². The van der Waals surface area contributed by atoms with Gasteiger partial charge in [-0.1, -0.05) is 60.3 Å². The molecule has 0 aliphatic rings. The Morgan fingerprint density at radius 1 is 1.17 bits per heavy atom. The molecule has 108 valence electrons. The van der Waals surface area contributed by atoms with E-state index in [1.165, 1.54) is 12.8 Å². The minimum absolute atomic E-state index is 0.152. The van der Waals surface area contributed by atoms with Crippen LogP contribution in [-0.2, 0) is 4.79 Å². The number of aliphatic carboxylic acids is 1. The van der Waals surface area contributed by atoms with Crippen molar-refractivity contribution in [3.8, 4) is 0 Å². The smallest absolute Gasteiger partial charge is 0.306 e. The van der Waals surface area contributed by atoms with Crippen LogP contribution < -0.4 is 0 Å². The van der Waals surface area contributed by atoms with E-state index in [1.807, 2.05) is 0 Å². The maximum Gasteiger partial charge on any atom is 0.306 e. The number of hydrogen-bond donors (Lipinski definition) is 1. The molecule has 0 aliphatic heterocycles. The first-order valence-electron chi connectivity index (χ1n) is 7.56. The fraction of sp³-hybridized carbons (Fsp3) is 0.938. The van der Waals surface area contributed by atoms with E-state index in [4.69, 9.17) is 0 Å². The molecule has 1 N–H and O–H groups in total. The summed E-state index contributed by atoms with van der Waals surface area (Å²) in [6, 6.07) is 0. The van der Waals surface area contributed by atoms with Crippen LogP contribution in [0.2, 0.25) is 0 Å². The topological polar surface area (TPSA) is 37.3 Å². The average Bonchev–Trinajstić information content (AvgIpc) is 2.30. The Bertz CT molecular complexity index is 233. The lowest BCUT2D eigenvalue weighted by Gasteiger charge is -2.31. The minimum Gasteiger partial charge on any atom is -0.481 e. The van der Waals surface area contributed by atoms with Crippen molar-refractivity contribution in [3.05, 3.63) is 0 Å². The minimum atomic E-state index is -0.608. The zero-order valence-electron chi connectivity index (χ0n) is 13.0. The van der Waals surface area contributed by atoms with Gasteiger partial charge in [0.2, 0.25) is 0 Å². The van der Waals surface area contributed by atoms with Crippen molar-refractivity contribution in [2.45, 2.75) is 79.6 Å². The maximum absolute atomic E-state index is 11.5. The van der Waals surface area contributed by atoms with Gasteiger partial charge in [0.05, 0.1) is 5.92 Å². The molecule has 0 radical (unpaired) electrons. The lowest BCUT2D eigenvalue weighted by atomic mass is 9.74. The number of unbranched alkanes of at least 4 members (excludes halogenated alkanes) is 2. The second-order valence-electron chi connectivity index (χ2n) is 6.54. The summed E-state index contributed by atoms with van der Waals surface area (Å²) < 4.78 is 0. The van der Waals surface area contributed by atoms with Crippen LogP contribution in [0.1, 0.15) is 79.6 Å². The molecule has 0 aromatic rings. The summed E-state index contributed by atoms with van der Waals surface area (Å²) in [5, 5.41) is 9.43. The largest absolute Gasteiger partial charge is 0.481 e. The molecule has 2 heteroatoms. The zero-order chi connectivity index (χ0) is 14.2. The quantitative estimate of drug-likeness (QED) is 0.589. The van der Waals surface area contributed by atoms with Crippen LogP contribution >= 0.6 is 0 Å². The molecule has 2 unspecified atom stereocenters. The van der Waals surface area contributed by atoms with Gasteiger partial charge in [0.25, 0.3) is 0 Å². The number of carboxylic acids is 1. The van der Waals surface area contributed by atoms with E-state index in [2.05, 4.69) is 34.6 Å². The number of carboxylic acid groups (broad SMARTS) is 1. The van der Waals surface area contributed by atoms with E-state index >= 15 is 0 Å². The van der Waals surface area contributed by atoms with E-state index in [1.54, 1.807) is 0 Å². The summed E-state index contributed by atoms with van der Waals surface area (Å²) in [6.07, 6.45) is 7.66. The van der Waals surface area contributed by atoms with Gasteiger partial charge < -0.3 is 5.11 Å². The van der Waals surface area contributed by atoms with Gasteiger partial charge in [-0.2, -0.15) is 0 Å². The molecule has 0 bridgehead atoms. The van der Waals surface area contributed by atoms with Crippen LogP contribution in [0.5, 0.6) is 0 Å². The molecule has 0 spiro atoms. The number of carbonyl (C=O) groups is 1. The Balaban J connectivity index is 4.46. The summed E-state index contributed by atoms with van der Waals surface area (Å²) >= 11 is 0. The van der Waals surface area contributed by atoms with Crippen LogP contribution in [0, 0.1) is 17.3 Å². The highest BCUT2D eigenvalue weighted by Crippen LogP contribution is 2.35. The third-order valence-electron chi connectivity index (χ3n) is 4.00. The third-order valence-corrected chi connectivity index (χ3v) is 4.00. The van der Waals surface area contributed by atoms with E-state index in [0.717, 1.165) is 32.1 Å². The van der Waals surface area contributed by atoms with Crippen molar-refractivity contribution in [1.82, 2.24) is 0 Å². The van der Waals surface area contributed by atoms with Gasteiger partial charge in [-0.3, -0.25) is 4.79 Å². The van der Waals surface area contributed by atoms with Crippen LogP contribution in [0.3, 0.4) is 0 Å². The summed E-state index contributed by atoms with van der Waals surface area (Å²) in [5.74, 6) is -0.491. The SMILES string of the molecule is CCCCC(C)C(CC(C)(C)CCCC)C(=O)O. The molecule has 0 saturated heterocycles. The van der Waals surface area contributed by atoms with Crippen molar-refractivity contribution in [2.24, 2.45) is 17.3 Å². The first-order valence-corrected chi connectivity index (χ1v) is 7.56. The molecule has 0 aromatic carbocycles. The van der Waals surface area contributed by atoms with Crippen LogP contribution in [0.25, 0.3) is 0 Å². The highest BCUT2D eigenvalue weighted by molar-refractivity contribution is 5.70. The lowest BCUT2D eigenvalue weighted by molar-refractivity contribution is -0.145. The van der Waals surface area contributed by atoms with Crippen molar-refractivity contribution in [1.29, 1.82) is 0 Å². The molecule has 0 saturated carbocycles. The first-order chi connectivity index (χ1) is 8.34. The van der Waals surface area contributed by atoms with Gasteiger partial charge in [0.1, 0.15) is 0 Å². The fourth-order valence-electron chi connectivity index (χ4n) is 2.61. The van der Waals surface area contributed by atoms with Crippen molar-refractivity contribution in [3.63, 3.8) is 0 Å². The molecular weight excluding hydrogens is 224 g/mol. The molecule has 0 amide bonds. The molecular formula is C16H32O2. The predicted molar refractivity (Wildman–Crippen MR) is 77.7 cm³/mol. The van der Waals surface area contributed by atoms with Gasteiger partial charge in [0.15, 0.2) is 0 Å². The second kappa shape index (κ2) is 8.55.